The lowest BCUT2D eigenvalue weighted by molar-refractivity contribution is 0.0358. The number of aryl methyl sites for hydroxylation is 1. The summed E-state index contributed by atoms with van der Waals surface area (Å²) in [4.78, 5) is 25.4. The molecular weight excluding hydrogens is 560 g/mol. The zero-order chi connectivity index (χ0) is 30.7. The summed E-state index contributed by atoms with van der Waals surface area (Å²) in [6.45, 7) is 8.82. The van der Waals surface area contributed by atoms with Gasteiger partial charge in [0.15, 0.2) is 0 Å². The van der Waals surface area contributed by atoms with Gasteiger partial charge in [-0.2, -0.15) is 0 Å². The van der Waals surface area contributed by atoms with Crippen LogP contribution in [-0.4, -0.2) is 84.6 Å². The molecule has 0 unspecified atom stereocenters. The molecule has 0 atom stereocenters. The van der Waals surface area contributed by atoms with Crippen molar-refractivity contribution in [3.8, 4) is 11.5 Å². The summed E-state index contributed by atoms with van der Waals surface area (Å²) in [5.74, 6) is 1.93. The second kappa shape index (κ2) is 15.7. The maximum Gasteiger partial charge on any atom is 0.253 e. The molecule has 6 rings (SSSR count). The van der Waals surface area contributed by atoms with E-state index in [-0.39, 0.29) is 11.3 Å². The van der Waals surface area contributed by atoms with Gasteiger partial charge in [0.1, 0.15) is 24.7 Å². The average Bonchev–Trinajstić information content (AvgIpc) is 3.08. The van der Waals surface area contributed by atoms with Gasteiger partial charge in [-0.3, -0.25) is 19.6 Å². The molecule has 0 aliphatic carbocycles. The van der Waals surface area contributed by atoms with Crippen molar-refractivity contribution in [3.05, 3.63) is 89.7 Å². The molecule has 2 aromatic carbocycles. The quantitative estimate of drug-likeness (QED) is 0.306. The van der Waals surface area contributed by atoms with Crippen LogP contribution in [0, 0.1) is 5.41 Å². The van der Waals surface area contributed by atoms with E-state index in [0.717, 1.165) is 87.7 Å². The average molecular weight is 611 g/mol. The topological polar surface area (TPSA) is 58.1 Å². The van der Waals surface area contributed by atoms with E-state index in [1.807, 2.05) is 36.5 Å². The maximum atomic E-state index is 13.7. The summed E-state index contributed by atoms with van der Waals surface area (Å²) in [7, 11) is 0. The Morgan fingerprint density at radius 3 is 2.51 bits per heavy atom. The van der Waals surface area contributed by atoms with Gasteiger partial charge in [0.05, 0.1) is 5.69 Å². The van der Waals surface area contributed by atoms with Gasteiger partial charge in [0.25, 0.3) is 5.91 Å². The van der Waals surface area contributed by atoms with Crippen molar-refractivity contribution in [1.29, 1.82) is 0 Å². The zero-order valence-corrected chi connectivity index (χ0v) is 26.9. The summed E-state index contributed by atoms with van der Waals surface area (Å²) in [5.41, 5.74) is 3.30. The predicted octanol–water partition coefficient (Wildman–Crippen LogP) is 6.48. The Morgan fingerprint density at radius 2 is 1.67 bits per heavy atom. The van der Waals surface area contributed by atoms with Crippen LogP contribution in [0.3, 0.4) is 0 Å². The minimum absolute atomic E-state index is 0.120. The van der Waals surface area contributed by atoms with Crippen LogP contribution in [0.15, 0.2) is 72.9 Å². The SMILES string of the molecule is O=C(c1cccc(OCCN2CCCCC2)c1)N1CCC2(CCCCc3ccccc3OCCN(Cc3ccccn3)C2)CC1. The van der Waals surface area contributed by atoms with Crippen LogP contribution in [0.25, 0.3) is 0 Å². The number of nitrogens with zero attached hydrogens (tertiary/aromatic N) is 4. The second-order valence-electron chi connectivity index (χ2n) is 13.3. The molecule has 45 heavy (non-hydrogen) atoms. The minimum Gasteiger partial charge on any atom is -0.492 e. The molecule has 240 valence electrons. The number of fused-ring (bicyclic) bond motifs is 1. The number of amides is 1. The first-order chi connectivity index (χ1) is 22.2. The van der Waals surface area contributed by atoms with Gasteiger partial charge in [-0.1, -0.05) is 43.2 Å². The normalized spacial score (nSPS) is 20.0. The number of aromatic nitrogens is 1. The Balaban J connectivity index is 1.09. The number of carbonyl (C=O) groups is 1. The molecule has 7 heteroatoms. The Hall–Kier alpha value is -3.42. The highest BCUT2D eigenvalue weighted by Gasteiger charge is 2.37. The highest BCUT2D eigenvalue weighted by Crippen LogP contribution is 2.39. The van der Waals surface area contributed by atoms with Crippen LogP contribution in [0.4, 0.5) is 0 Å². The van der Waals surface area contributed by atoms with Gasteiger partial charge in [-0.15, -0.1) is 0 Å². The van der Waals surface area contributed by atoms with Crippen molar-refractivity contribution < 1.29 is 14.3 Å². The van der Waals surface area contributed by atoms with E-state index in [2.05, 4.69) is 56.1 Å². The van der Waals surface area contributed by atoms with Gasteiger partial charge in [-0.05, 0) is 105 Å². The molecule has 2 fully saturated rings. The Morgan fingerprint density at radius 1 is 0.822 bits per heavy atom. The zero-order valence-electron chi connectivity index (χ0n) is 26.9. The van der Waals surface area contributed by atoms with E-state index in [1.54, 1.807) is 0 Å². The number of benzene rings is 2. The van der Waals surface area contributed by atoms with E-state index in [4.69, 9.17) is 9.47 Å². The standard InChI is InChI=1S/C38H50N4O3/c43-37(33-13-10-15-35(29-33)44-27-25-40-21-8-1-9-22-40)42-23-18-38(19-24-42)17-6-4-12-32-11-2-3-16-36(32)45-28-26-41(31-38)30-34-14-5-7-20-39-34/h2-3,5,7,10-11,13-16,20,29H,1,4,6,8-9,12,17-19,21-28,30-31H2. The van der Waals surface area contributed by atoms with Gasteiger partial charge >= 0.3 is 0 Å². The summed E-state index contributed by atoms with van der Waals surface area (Å²) in [5, 5.41) is 0. The smallest absolute Gasteiger partial charge is 0.253 e. The fraction of sp³-hybridized carbons (Fsp3) is 0.526. The van der Waals surface area contributed by atoms with Gasteiger partial charge in [0, 0.05) is 51.0 Å². The lowest BCUT2D eigenvalue weighted by Gasteiger charge is -2.45. The van der Waals surface area contributed by atoms with Crippen LogP contribution in [-0.2, 0) is 13.0 Å². The third-order valence-corrected chi connectivity index (χ3v) is 10.0. The number of hydrogen-bond donors (Lipinski definition) is 0. The predicted molar refractivity (Wildman–Crippen MR) is 179 cm³/mol. The molecule has 0 saturated carbocycles. The van der Waals surface area contributed by atoms with E-state index in [9.17, 15) is 4.79 Å². The molecule has 0 radical (unpaired) electrons. The number of piperidine rings is 2. The fourth-order valence-corrected chi connectivity index (χ4v) is 7.41. The molecule has 0 bridgehead atoms. The van der Waals surface area contributed by atoms with Crippen LogP contribution < -0.4 is 9.47 Å². The largest absolute Gasteiger partial charge is 0.492 e. The first-order valence-corrected chi connectivity index (χ1v) is 17.2. The lowest BCUT2D eigenvalue weighted by atomic mass is 9.73. The summed E-state index contributed by atoms with van der Waals surface area (Å²) in [6, 6.07) is 22.5. The van der Waals surface area contributed by atoms with Crippen molar-refractivity contribution in [2.45, 2.75) is 64.3 Å². The Kier molecular flexibility index (Phi) is 11.0. The molecule has 3 aliphatic heterocycles. The van der Waals surface area contributed by atoms with Crippen LogP contribution >= 0.6 is 0 Å². The fourth-order valence-electron chi connectivity index (χ4n) is 7.41. The van der Waals surface area contributed by atoms with Crippen LogP contribution in [0.1, 0.15) is 73.0 Å². The van der Waals surface area contributed by atoms with E-state index in [0.29, 0.717) is 13.2 Å². The molecule has 1 spiro atoms. The highest BCUT2D eigenvalue weighted by molar-refractivity contribution is 5.94. The number of carbonyl (C=O) groups excluding carboxylic acids is 1. The summed E-state index contributed by atoms with van der Waals surface area (Å²) in [6.07, 6.45) is 12.4. The van der Waals surface area contributed by atoms with Gasteiger partial charge in [-0.25, -0.2) is 0 Å². The Bertz CT molecular complexity index is 1350. The van der Waals surface area contributed by atoms with Crippen molar-refractivity contribution in [2.75, 3.05) is 59.0 Å². The van der Waals surface area contributed by atoms with E-state index in [1.165, 1.54) is 50.8 Å². The number of hydrogen-bond acceptors (Lipinski definition) is 6. The molecule has 3 aromatic rings. The molecule has 7 nitrogen and oxygen atoms in total. The number of pyridine rings is 1. The van der Waals surface area contributed by atoms with Crippen molar-refractivity contribution in [2.24, 2.45) is 5.41 Å². The molecule has 3 aliphatic rings. The highest BCUT2D eigenvalue weighted by atomic mass is 16.5. The second-order valence-corrected chi connectivity index (χ2v) is 13.3. The van der Waals surface area contributed by atoms with Gasteiger partial charge < -0.3 is 14.4 Å². The first kappa shape index (κ1) is 31.6. The molecule has 2 saturated heterocycles. The monoisotopic (exact) mass is 610 g/mol. The summed E-state index contributed by atoms with van der Waals surface area (Å²) >= 11 is 0. The van der Waals surface area contributed by atoms with Gasteiger partial charge in [0.2, 0.25) is 0 Å². The van der Waals surface area contributed by atoms with E-state index < -0.39 is 0 Å². The van der Waals surface area contributed by atoms with Crippen LogP contribution in [0.5, 0.6) is 11.5 Å². The molecule has 1 aromatic heterocycles. The minimum atomic E-state index is 0.120. The third kappa shape index (κ3) is 8.86. The Labute approximate surface area is 269 Å². The molecule has 1 amide bonds. The number of rotatable bonds is 7. The van der Waals surface area contributed by atoms with Crippen molar-refractivity contribution in [3.63, 3.8) is 0 Å². The van der Waals surface area contributed by atoms with Crippen molar-refractivity contribution in [1.82, 2.24) is 19.7 Å². The van der Waals surface area contributed by atoms with Crippen LogP contribution in [0.2, 0.25) is 0 Å². The molecule has 0 N–H and O–H groups in total. The number of likely N-dealkylation sites (tertiary alicyclic amines) is 2. The molecule has 4 heterocycles. The third-order valence-electron chi connectivity index (χ3n) is 10.0. The number of ether oxygens (including phenoxy) is 2. The first-order valence-electron chi connectivity index (χ1n) is 17.2. The summed E-state index contributed by atoms with van der Waals surface area (Å²) < 4.78 is 12.4. The van der Waals surface area contributed by atoms with E-state index >= 15 is 0 Å². The maximum absolute atomic E-state index is 13.7. The molecular formula is C38H50N4O3. The van der Waals surface area contributed by atoms with Crippen molar-refractivity contribution >= 4 is 5.91 Å². The lowest BCUT2D eigenvalue weighted by Crippen LogP contribution is -2.48. The number of para-hydroxylation sites is 1.